The molecule has 5 heteroatoms. The molecule has 0 spiro atoms. The molecule has 0 aliphatic rings. The van der Waals surface area contributed by atoms with Gasteiger partial charge in [-0.05, 0) is 25.6 Å². The number of rotatable bonds is 6. The fourth-order valence-corrected chi connectivity index (χ4v) is 2.25. The summed E-state index contributed by atoms with van der Waals surface area (Å²) in [4.78, 5) is 0. The molecule has 0 amide bonds. The molecule has 1 atom stereocenters. The first-order chi connectivity index (χ1) is 10.2. The van der Waals surface area contributed by atoms with E-state index in [2.05, 4.69) is 35.4 Å². The van der Waals surface area contributed by atoms with Crippen LogP contribution in [0.5, 0.6) is 11.6 Å². The maximum absolute atomic E-state index is 5.48. The lowest BCUT2D eigenvalue weighted by molar-refractivity contribution is 0.388. The van der Waals surface area contributed by atoms with Crippen LogP contribution in [-0.2, 0) is 0 Å². The largest absolute Gasteiger partial charge is 0.496 e. The van der Waals surface area contributed by atoms with E-state index >= 15 is 0 Å². The molecule has 1 unspecified atom stereocenters. The Bertz CT molecular complexity index is 585. The van der Waals surface area contributed by atoms with Gasteiger partial charge in [-0.3, -0.25) is 0 Å². The third kappa shape index (κ3) is 3.49. The molecule has 1 heterocycles. The summed E-state index contributed by atoms with van der Waals surface area (Å²) in [6.07, 6.45) is 0. The summed E-state index contributed by atoms with van der Waals surface area (Å²) in [6.45, 7) is 4.94. The molecular weight excluding hydrogens is 266 g/mol. The van der Waals surface area contributed by atoms with Crippen molar-refractivity contribution in [2.45, 2.75) is 19.9 Å². The van der Waals surface area contributed by atoms with E-state index in [1.54, 1.807) is 14.2 Å². The number of ether oxygens (including phenoxy) is 2. The first kappa shape index (κ1) is 15.3. The van der Waals surface area contributed by atoms with Gasteiger partial charge in [-0.25, -0.2) is 0 Å². The molecule has 0 bridgehead atoms. The van der Waals surface area contributed by atoms with Gasteiger partial charge >= 0.3 is 0 Å². The smallest absolute Gasteiger partial charge is 0.233 e. The van der Waals surface area contributed by atoms with Crippen molar-refractivity contribution in [2.75, 3.05) is 20.8 Å². The number of hydrogen-bond donors (Lipinski definition) is 1. The van der Waals surface area contributed by atoms with Crippen LogP contribution < -0.4 is 14.8 Å². The molecule has 1 aromatic heterocycles. The Labute approximate surface area is 125 Å². The van der Waals surface area contributed by atoms with Gasteiger partial charge in [0.05, 0.1) is 26.0 Å². The number of nitrogens with one attached hydrogen (secondary N) is 1. The zero-order valence-corrected chi connectivity index (χ0v) is 12.9. The van der Waals surface area contributed by atoms with Crippen LogP contribution in [0.4, 0.5) is 0 Å². The fraction of sp³-hybridized carbons (Fsp3) is 0.375. The molecule has 0 saturated heterocycles. The Kier molecular flexibility index (Phi) is 5.11. The molecule has 2 aromatic rings. The summed E-state index contributed by atoms with van der Waals surface area (Å²) in [5, 5.41) is 11.7. The van der Waals surface area contributed by atoms with Crippen molar-refractivity contribution in [1.82, 2.24) is 15.5 Å². The van der Waals surface area contributed by atoms with Crippen molar-refractivity contribution in [2.24, 2.45) is 0 Å². The van der Waals surface area contributed by atoms with Gasteiger partial charge in [0, 0.05) is 11.6 Å². The van der Waals surface area contributed by atoms with Crippen LogP contribution in [0.2, 0.25) is 0 Å². The lowest BCUT2D eigenvalue weighted by atomic mass is 10.00. The molecule has 0 radical (unpaired) electrons. The van der Waals surface area contributed by atoms with E-state index in [1.165, 1.54) is 5.56 Å². The second-order valence-electron chi connectivity index (χ2n) is 4.74. The second kappa shape index (κ2) is 7.04. The summed E-state index contributed by atoms with van der Waals surface area (Å²) >= 11 is 0. The van der Waals surface area contributed by atoms with Crippen molar-refractivity contribution >= 4 is 0 Å². The maximum atomic E-state index is 5.48. The summed E-state index contributed by atoms with van der Waals surface area (Å²) in [7, 11) is 3.26. The molecule has 112 valence electrons. The summed E-state index contributed by atoms with van der Waals surface area (Å²) < 4.78 is 10.5. The van der Waals surface area contributed by atoms with Gasteiger partial charge in [-0.15, -0.1) is 10.2 Å². The molecular formula is C16H21N3O2. The van der Waals surface area contributed by atoms with Crippen LogP contribution in [0.3, 0.4) is 0 Å². The second-order valence-corrected chi connectivity index (χ2v) is 4.74. The Morgan fingerprint density at radius 2 is 1.90 bits per heavy atom. The SMILES string of the molecule is CCNC(c1ccc(OC)nn1)c1cc(C)ccc1OC. The highest BCUT2D eigenvalue weighted by Crippen LogP contribution is 2.30. The van der Waals surface area contributed by atoms with Gasteiger partial charge in [-0.2, -0.15) is 0 Å². The standard InChI is InChI=1S/C16H21N3O2/c1-5-17-16(13-7-9-15(21-4)19-18-13)12-10-11(2)6-8-14(12)20-3/h6-10,16-17H,5H2,1-4H3. The van der Waals surface area contributed by atoms with Crippen molar-refractivity contribution in [3.8, 4) is 11.6 Å². The number of aromatic nitrogens is 2. The average molecular weight is 287 g/mol. The number of hydrogen-bond acceptors (Lipinski definition) is 5. The Morgan fingerprint density at radius 1 is 1.10 bits per heavy atom. The van der Waals surface area contributed by atoms with Gasteiger partial charge in [0.1, 0.15) is 5.75 Å². The van der Waals surface area contributed by atoms with E-state index in [0.29, 0.717) is 5.88 Å². The van der Waals surface area contributed by atoms with E-state index < -0.39 is 0 Å². The monoisotopic (exact) mass is 287 g/mol. The summed E-state index contributed by atoms with van der Waals surface area (Å²) in [6, 6.07) is 9.79. The van der Waals surface area contributed by atoms with Crippen molar-refractivity contribution in [3.05, 3.63) is 47.2 Å². The van der Waals surface area contributed by atoms with E-state index in [4.69, 9.17) is 9.47 Å². The Hall–Kier alpha value is -2.14. The molecule has 21 heavy (non-hydrogen) atoms. The van der Waals surface area contributed by atoms with E-state index in [9.17, 15) is 0 Å². The molecule has 1 N–H and O–H groups in total. The molecule has 1 aromatic carbocycles. The highest BCUT2D eigenvalue weighted by molar-refractivity contribution is 5.42. The van der Waals surface area contributed by atoms with E-state index in [-0.39, 0.29) is 6.04 Å². The topological polar surface area (TPSA) is 56.3 Å². The molecule has 0 aliphatic heterocycles. The molecule has 5 nitrogen and oxygen atoms in total. The summed E-state index contributed by atoms with van der Waals surface area (Å²) in [5.41, 5.74) is 3.07. The third-order valence-electron chi connectivity index (χ3n) is 3.27. The predicted octanol–water partition coefficient (Wildman–Crippen LogP) is 2.50. The minimum Gasteiger partial charge on any atom is -0.496 e. The van der Waals surface area contributed by atoms with Crippen LogP contribution >= 0.6 is 0 Å². The fourth-order valence-electron chi connectivity index (χ4n) is 2.25. The minimum atomic E-state index is -0.0664. The van der Waals surface area contributed by atoms with Gasteiger partial charge in [0.15, 0.2) is 0 Å². The minimum absolute atomic E-state index is 0.0664. The number of benzene rings is 1. The van der Waals surface area contributed by atoms with Crippen LogP contribution in [0, 0.1) is 6.92 Å². The summed E-state index contributed by atoms with van der Waals surface area (Å²) in [5.74, 6) is 1.34. The Morgan fingerprint density at radius 3 is 2.48 bits per heavy atom. The molecule has 0 saturated carbocycles. The van der Waals surface area contributed by atoms with Crippen molar-refractivity contribution in [1.29, 1.82) is 0 Å². The van der Waals surface area contributed by atoms with Crippen LogP contribution in [0.25, 0.3) is 0 Å². The number of aryl methyl sites for hydroxylation is 1. The highest BCUT2D eigenvalue weighted by Gasteiger charge is 2.19. The van der Waals surface area contributed by atoms with E-state index in [0.717, 1.165) is 23.6 Å². The number of methoxy groups -OCH3 is 2. The molecule has 0 fully saturated rings. The number of nitrogens with zero attached hydrogens (tertiary/aromatic N) is 2. The van der Waals surface area contributed by atoms with Crippen molar-refractivity contribution < 1.29 is 9.47 Å². The van der Waals surface area contributed by atoms with Crippen molar-refractivity contribution in [3.63, 3.8) is 0 Å². The lowest BCUT2D eigenvalue weighted by Gasteiger charge is -2.20. The average Bonchev–Trinajstić information content (AvgIpc) is 2.53. The quantitative estimate of drug-likeness (QED) is 0.884. The highest BCUT2D eigenvalue weighted by atomic mass is 16.5. The van der Waals surface area contributed by atoms with Gasteiger partial charge in [-0.1, -0.05) is 24.6 Å². The zero-order valence-electron chi connectivity index (χ0n) is 12.9. The third-order valence-corrected chi connectivity index (χ3v) is 3.27. The maximum Gasteiger partial charge on any atom is 0.233 e. The van der Waals surface area contributed by atoms with Gasteiger partial charge < -0.3 is 14.8 Å². The van der Waals surface area contributed by atoms with Crippen LogP contribution in [-0.4, -0.2) is 31.0 Å². The first-order valence-electron chi connectivity index (χ1n) is 6.95. The van der Waals surface area contributed by atoms with Crippen LogP contribution in [0.15, 0.2) is 30.3 Å². The predicted molar refractivity (Wildman–Crippen MR) is 81.8 cm³/mol. The van der Waals surface area contributed by atoms with Crippen LogP contribution in [0.1, 0.15) is 29.8 Å². The lowest BCUT2D eigenvalue weighted by Crippen LogP contribution is -2.24. The molecule has 2 rings (SSSR count). The van der Waals surface area contributed by atoms with Gasteiger partial charge in [0.2, 0.25) is 5.88 Å². The zero-order chi connectivity index (χ0) is 15.2. The normalized spacial score (nSPS) is 12.0. The van der Waals surface area contributed by atoms with Gasteiger partial charge in [0.25, 0.3) is 0 Å². The first-order valence-corrected chi connectivity index (χ1v) is 6.95. The Balaban J connectivity index is 2.44. The van der Waals surface area contributed by atoms with E-state index in [1.807, 2.05) is 24.3 Å². The molecule has 0 aliphatic carbocycles.